The highest BCUT2D eigenvalue weighted by atomic mass is 19.1. The Balaban J connectivity index is 1.20. The van der Waals surface area contributed by atoms with Crippen LogP contribution in [-0.4, -0.2) is 66.8 Å². The fourth-order valence-corrected chi connectivity index (χ4v) is 4.19. The number of aliphatic hydroxyl groups is 1. The lowest BCUT2D eigenvalue weighted by Gasteiger charge is -2.18. The van der Waals surface area contributed by atoms with Crippen molar-refractivity contribution in [3.8, 4) is 5.75 Å². The Kier molecular flexibility index (Phi) is 6.66. The maximum atomic E-state index is 14.5. The summed E-state index contributed by atoms with van der Waals surface area (Å²) < 4.78 is 25.5. The Morgan fingerprint density at radius 1 is 1.41 bits per heavy atom. The second kappa shape index (κ2) is 9.46. The number of carbonyl (C=O) groups excluding carboxylic acids is 1. The van der Waals surface area contributed by atoms with E-state index in [9.17, 15) is 14.3 Å². The molecule has 174 valence electrons. The summed E-state index contributed by atoms with van der Waals surface area (Å²) in [4.78, 5) is 17.9. The van der Waals surface area contributed by atoms with Gasteiger partial charge >= 0.3 is 6.09 Å². The third-order valence-electron chi connectivity index (χ3n) is 5.75. The lowest BCUT2D eigenvalue weighted by molar-refractivity contribution is 0.0283. The van der Waals surface area contributed by atoms with Crippen molar-refractivity contribution in [1.82, 2.24) is 15.5 Å². The molecular weight excluding hydrogens is 415 g/mol. The summed E-state index contributed by atoms with van der Waals surface area (Å²) in [6.07, 6.45) is 5.07. The van der Waals surface area contributed by atoms with Crippen LogP contribution in [0.25, 0.3) is 0 Å². The fraction of sp³-hybridized carbons (Fsp3) is 0.565. The molecule has 3 aliphatic rings. The first-order chi connectivity index (χ1) is 15.3. The molecule has 0 aromatic heterocycles. The number of amides is 1. The van der Waals surface area contributed by atoms with E-state index in [1.165, 1.54) is 6.07 Å². The molecule has 1 fully saturated rings. The lowest BCUT2D eigenvalue weighted by atomic mass is 10.1. The average Bonchev–Trinajstić information content (AvgIpc) is 3.33. The summed E-state index contributed by atoms with van der Waals surface area (Å²) in [5.41, 5.74) is 0.755. The molecule has 2 heterocycles. The van der Waals surface area contributed by atoms with Crippen molar-refractivity contribution in [3.05, 3.63) is 41.1 Å². The number of fused-ring (bicyclic) bond motifs is 1. The van der Waals surface area contributed by atoms with Gasteiger partial charge in [0.2, 0.25) is 0 Å². The highest BCUT2D eigenvalue weighted by Gasteiger charge is 2.33. The van der Waals surface area contributed by atoms with Crippen LogP contribution in [0.3, 0.4) is 0 Å². The Hall–Kier alpha value is -2.65. The average molecular weight is 447 g/mol. The van der Waals surface area contributed by atoms with Crippen LogP contribution in [0.15, 0.2) is 29.1 Å². The fourth-order valence-electron chi connectivity index (χ4n) is 4.19. The second-order valence-electron chi connectivity index (χ2n) is 9.25. The molecular formula is C23H31FN4O4. The van der Waals surface area contributed by atoms with Crippen molar-refractivity contribution >= 4 is 12.3 Å². The molecule has 2 atom stereocenters. The number of benzene rings is 1. The predicted molar refractivity (Wildman–Crippen MR) is 118 cm³/mol. The van der Waals surface area contributed by atoms with Gasteiger partial charge in [0.05, 0.1) is 12.1 Å². The molecule has 0 bridgehead atoms. The Bertz CT molecular complexity index is 912. The number of aliphatic imine (C=N–C) groups is 1. The normalized spacial score (nSPS) is 22.4. The van der Waals surface area contributed by atoms with Gasteiger partial charge in [-0.2, -0.15) is 0 Å². The van der Waals surface area contributed by atoms with E-state index in [2.05, 4.69) is 15.6 Å². The molecule has 1 aromatic carbocycles. The summed E-state index contributed by atoms with van der Waals surface area (Å²) in [6, 6.07) is 3.29. The summed E-state index contributed by atoms with van der Waals surface area (Å²) in [7, 11) is 0. The zero-order chi connectivity index (χ0) is 22.7. The molecule has 3 N–H and O–H groups in total. The van der Waals surface area contributed by atoms with Crippen LogP contribution >= 0.6 is 0 Å². The predicted octanol–water partition coefficient (Wildman–Crippen LogP) is 1.96. The van der Waals surface area contributed by atoms with Gasteiger partial charge in [0.1, 0.15) is 24.3 Å². The minimum Gasteiger partial charge on any atom is -0.491 e. The van der Waals surface area contributed by atoms with Crippen molar-refractivity contribution in [2.24, 2.45) is 10.9 Å². The maximum Gasteiger partial charge on any atom is 0.415 e. The topological polar surface area (TPSA) is 95.4 Å². The van der Waals surface area contributed by atoms with Gasteiger partial charge in [0, 0.05) is 25.0 Å². The zero-order valence-electron chi connectivity index (χ0n) is 18.6. The number of rotatable bonds is 9. The first-order valence-electron chi connectivity index (χ1n) is 11.1. The van der Waals surface area contributed by atoms with E-state index in [0.29, 0.717) is 50.0 Å². The smallest absolute Gasteiger partial charge is 0.415 e. The number of halogens is 1. The Morgan fingerprint density at radius 3 is 3.00 bits per heavy atom. The molecule has 9 heteroatoms. The molecule has 0 spiro atoms. The maximum absolute atomic E-state index is 14.5. The van der Waals surface area contributed by atoms with E-state index in [0.717, 1.165) is 24.1 Å². The standard InChI is InChI=1S/C23H31FN4O4/c1-23(2,30)14-31-18-9-16-7-15(8-19(16)20(24)10-18)11-25-4-3-17-13-28(22(29)32-17)21-12-26-5-6-27-21/h6,9-10,12,15,17,25-26,30H,3-5,7-8,11,13-14H2,1-2H3. The third kappa shape index (κ3) is 5.58. The highest BCUT2D eigenvalue weighted by molar-refractivity contribution is 5.73. The minimum absolute atomic E-state index is 0.111. The van der Waals surface area contributed by atoms with Crippen molar-refractivity contribution in [1.29, 1.82) is 0 Å². The molecule has 2 aliphatic heterocycles. The first kappa shape index (κ1) is 22.5. The van der Waals surface area contributed by atoms with E-state index < -0.39 is 5.60 Å². The number of hydrogen-bond acceptors (Lipinski definition) is 7. The summed E-state index contributed by atoms with van der Waals surface area (Å²) in [6.45, 7) is 6.03. The molecule has 2 unspecified atom stereocenters. The van der Waals surface area contributed by atoms with Gasteiger partial charge in [0.15, 0.2) is 5.82 Å². The Labute approximate surface area is 187 Å². The van der Waals surface area contributed by atoms with E-state index in [-0.39, 0.29) is 24.6 Å². The van der Waals surface area contributed by atoms with Crippen molar-refractivity contribution in [2.75, 3.05) is 32.8 Å². The van der Waals surface area contributed by atoms with Crippen LogP contribution in [0.1, 0.15) is 31.4 Å². The quantitative estimate of drug-likeness (QED) is 0.502. The SMILES string of the molecule is CC(C)(O)COc1cc(F)c2c(c1)CC(CNCCC1CN(C3=CNCC=N3)C(=O)O1)C2. The first-order valence-corrected chi connectivity index (χ1v) is 11.1. The van der Waals surface area contributed by atoms with E-state index in [1.54, 1.807) is 31.2 Å². The largest absolute Gasteiger partial charge is 0.491 e. The Morgan fingerprint density at radius 2 is 2.25 bits per heavy atom. The number of nitrogens with zero attached hydrogens (tertiary/aromatic N) is 2. The molecule has 1 amide bonds. The second-order valence-corrected chi connectivity index (χ2v) is 9.25. The van der Waals surface area contributed by atoms with Gasteiger partial charge in [-0.15, -0.1) is 0 Å². The number of cyclic esters (lactones) is 1. The minimum atomic E-state index is -0.968. The van der Waals surface area contributed by atoms with Crippen molar-refractivity contribution < 1.29 is 23.8 Å². The summed E-state index contributed by atoms with van der Waals surface area (Å²) in [5, 5.41) is 16.3. The molecule has 0 radical (unpaired) electrons. The van der Waals surface area contributed by atoms with E-state index >= 15 is 0 Å². The van der Waals surface area contributed by atoms with Crippen LogP contribution in [0.4, 0.5) is 9.18 Å². The molecule has 8 nitrogen and oxygen atoms in total. The molecule has 32 heavy (non-hydrogen) atoms. The van der Waals surface area contributed by atoms with Gasteiger partial charge in [-0.3, -0.25) is 4.90 Å². The van der Waals surface area contributed by atoms with Crippen molar-refractivity contribution in [2.45, 2.75) is 44.8 Å². The van der Waals surface area contributed by atoms with Gasteiger partial charge in [-0.25, -0.2) is 14.2 Å². The molecule has 1 aliphatic carbocycles. The molecule has 0 saturated carbocycles. The summed E-state index contributed by atoms with van der Waals surface area (Å²) in [5.74, 6) is 1.09. The third-order valence-corrected chi connectivity index (χ3v) is 5.75. The zero-order valence-corrected chi connectivity index (χ0v) is 18.6. The van der Waals surface area contributed by atoms with Crippen LogP contribution < -0.4 is 15.4 Å². The van der Waals surface area contributed by atoms with E-state index in [4.69, 9.17) is 9.47 Å². The monoisotopic (exact) mass is 446 g/mol. The summed E-state index contributed by atoms with van der Waals surface area (Å²) >= 11 is 0. The highest BCUT2D eigenvalue weighted by Crippen LogP contribution is 2.32. The van der Waals surface area contributed by atoms with E-state index in [1.807, 2.05) is 6.07 Å². The van der Waals surface area contributed by atoms with Crippen LogP contribution in [0, 0.1) is 11.7 Å². The number of carbonyl (C=O) groups is 1. The van der Waals surface area contributed by atoms with Crippen molar-refractivity contribution in [3.63, 3.8) is 0 Å². The van der Waals surface area contributed by atoms with Crippen LogP contribution in [0.5, 0.6) is 5.75 Å². The number of nitrogens with one attached hydrogen (secondary N) is 2. The van der Waals surface area contributed by atoms with Crippen LogP contribution in [-0.2, 0) is 17.6 Å². The number of hydrogen-bond donors (Lipinski definition) is 3. The van der Waals surface area contributed by atoms with Gasteiger partial charge in [-0.05, 0) is 69.3 Å². The molecule has 1 aromatic rings. The van der Waals surface area contributed by atoms with Gasteiger partial charge in [-0.1, -0.05) is 0 Å². The van der Waals surface area contributed by atoms with Gasteiger partial charge in [0.25, 0.3) is 0 Å². The van der Waals surface area contributed by atoms with Crippen LogP contribution in [0.2, 0.25) is 0 Å². The molecule has 4 rings (SSSR count). The van der Waals surface area contributed by atoms with Gasteiger partial charge < -0.3 is 25.2 Å². The molecule has 1 saturated heterocycles. The number of ether oxygens (including phenoxy) is 2. The lowest BCUT2D eigenvalue weighted by Crippen LogP contribution is -2.29.